The second-order valence-corrected chi connectivity index (χ2v) is 4.95. The summed E-state index contributed by atoms with van der Waals surface area (Å²) in [6.07, 6.45) is 1.43. The van der Waals surface area contributed by atoms with Crippen molar-refractivity contribution in [1.82, 2.24) is 10.2 Å². The summed E-state index contributed by atoms with van der Waals surface area (Å²) >= 11 is 16.5. The molecule has 0 aliphatic heterocycles. The summed E-state index contributed by atoms with van der Waals surface area (Å²) in [5, 5.41) is 9.71. The van der Waals surface area contributed by atoms with E-state index in [1.165, 1.54) is 24.4 Å². The minimum absolute atomic E-state index is 0.133. The van der Waals surface area contributed by atoms with Gasteiger partial charge in [0.1, 0.15) is 10.8 Å². The molecule has 0 aliphatic rings. The van der Waals surface area contributed by atoms with Crippen LogP contribution < -0.4 is 11.1 Å². The van der Waals surface area contributed by atoms with Crippen molar-refractivity contribution < 1.29 is 4.79 Å². The lowest BCUT2D eigenvalue weighted by molar-refractivity contribution is 0.102. The first-order valence-electron chi connectivity index (χ1n) is 5.08. The second-order valence-electron chi connectivity index (χ2n) is 3.64. The van der Waals surface area contributed by atoms with E-state index in [0.717, 1.165) is 0 Å². The van der Waals surface area contributed by atoms with Crippen LogP contribution in [0.15, 0.2) is 24.4 Å². The van der Waals surface area contributed by atoms with Gasteiger partial charge >= 0.3 is 0 Å². The first-order chi connectivity index (χ1) is 8.97. The average Bonchev–Trinajstić information content (AvgIpc) is 2.75. The number of halogens is 2. The summed E-state index contributed by atoms with van der Waals surface area (Å²) in [5.41, 5.74) is 6.27. The van der Waals surface area contributed by atoms with Crippen LogP contribution in [0.3, 0.4) is 0 Å². The number of carbonyl (C=O) groups is 1. The Morgan fingerprint density at radius 2 is 1.95 bits per heavy atom. The van der Waals surface area contributed by atoms with E-state index >= 15 is 0 Å². The summed E-state index contributed by atoms with van der Waals surface area (Å²) in [5.74, 6) is -0.0697. The summed E-state index contributed by atoms with van der Waals surface area (Å²) in [6.45, 7) is 0. The Kier molecular flexibility index (Phi) is 4.04. The van der Waals surface area contributed by atoms with Gasteiger partial charge in [-0.3, -0.25) is 9.89 Å². The Morgan fingerprint density at radius 3 is 2.53 bits per heavy atom. The molecule has 1 heterocycles. The van der Waals surface area contributed by atoms with Gasteiger partial charge in [-0.15, -0.1) is 0 Å². The fraction of sp³-hybridized carbons (Fsp3) is 0. The number of amides is 1. The molecule has 1 amide bonds. The molecule has 4 N–H and O–H groups in total. The Balaban J connectivity index is 2.25. The van der Waals surface area contributed by atoms with Gasteiger partial charge in [0.05, 0.1) is 11.8 Å². The lowest BCUT2D eigenvalue weighted by atomic mass is 10.2. The lowest BCUT2D eigenvalue weighted by Gasteiger charge is -2.06. The number of benzene rings is 1. The predicted octanol–water partition coefficient (Wildman–Crippen LogP) is 2.60. The number of rotatable bonds is 3. The highest BCUT2D eigenvalue weighted by atomic mass is 35.5. The highest BCUT2D eigenvalue weighted by Gasteiger charge is 2.13. The van der Waals surface area contributed by atoms with E-state index in [0.29, 0.717) is 27.0 Å². The van der Waals surface area contributed by atoms with Crippen LogP contribution >= 0.6 is 35.4 Å². The Morgan fingerprint density at radius 1 is 1.32 bits per heavy atom. The number of hydrogen-bond acceptors (Lipinski definition) is 3. The molecule has 0 atom stereocenters. The second kappa shape index (κ2) is 5.56. The molecule has 98 valence electrons. The van der Waals surface area contributed by atoms with Gasteiger partial charge in [-0.2, -0.15) is 5.10 Å². The maximum Gasteiger partial charge on any atom is 0.256 e. The van der Waals surface area contributed by atoms with Crippen LogP contribution in [-0.4, -0.2) is 21.1 Å². The van der Waals surface area contributed by atoms with E-state index in [1.807, 2.05) is 0 Å². The molecule has 5 nitrogen and oxygen atoms in total. The van der Waals surface area contributed by atoms with Crippen molar-refractivity contribution in [2.24, 2.45) is 5.73 Å². The van der Waals surface area contributed by atoms with Crippen molar-refractivity contribution >= 4 is 52.1 Å². The highest BCUT2D eigenvalue weighted by molar-refractivity contribution is 7.80. The van der Waals surface area contributed by atoms with Crippen molar-refractivity contribution in [3.8, 4) is 0 Å². The Labute approximate surface area is 124 Å². The van der Waals surface area contributed by atoms with E-state index in [-0.39, 0.29) is 4.99 Å². The van der Waals surface area contributed by atoms with E-state index in [1.54, 1.807) is 0 Å². The number of H-pyrrole nitrogens is 1. The van der Waals surface area contributed by atoms with Crippen molar-refractivity contribution in [3.63, 3.8) is 0 Å². The van der Waals surface area contributed by atoms with E-state index in [2.05, 4.69) is 15.5 Å². The van der Waals surface area contributed by atoms with Crippen LogP contribution in [0.1, 0.15) is 15.9 Å². The number of thiocarbonyl (C=S) groups is 1. The van der Waals surface area contributed by atoms with Gasteiger partial charge in [-0.05, 0) is 18.2 Å². The topological polar surface area (TPSA) is 83.8 Å². The van der Waals surface area contributed by atoms with Gasteiger partial charge < -0.3 is 11.1 Å². The molecular weight excluding hydrogens is 307 g/mol. The number of anilines is 1. The number of aromatic amines is 1. The maximum atomic E-state index is 12.0. The molecule has 0 fully saturated rings. The SMILES string of the molecule is NC(=S)c1cn[nH]c1NC(=O)c1cc(Cl)cc(Cl)c1. The molecule has 1 aromatic heterocycles. The van der Waals surface area contributed by atoms with Crippen molar-refractivity contribution in [1.29, 1.82) is 0 Å². The van der Waals surface area contributed by atoms with E-state index < -0.39 is 5.91 Å². The molecule has 1 aromatic carbocycles. The van der Waals surface area contributed by atoms with Crippen molar-refractivity contribution in [2.45, 2.75) is 0 Å². The van der Waals surface area contributed by atoms with Gasteiger partial charge in [0.25, 0.3) is 5.91 Å². The minimum Gasteiger partial charge on any atom is -0.389 e. The van der Waals surface area contributed by atoms with Gasteiger partial charge in [-0.25, -0.2) is 0 Å². The number of aromatic nitrogens is 2. The number of nitrogens with zero attached hydrogens (tertiary/aromatic N) is 1. The Bertz CT molecular complexity index is 636. The molecule has 2 aromatic rings. The number of hydrogen-bond donors (Lipinski definition) is 3. The first kappa shape index (κ1) is 13.8. The van der Waals surface area contributed by atoms with Crippen molar-refractivity contribution in [2.75, 3.05) is 5.32 Å². The average molecular weight is 315 g/mol. The van der Waals surface area contributed by atoms with Gasteiger partial charge in [0.15, 0.2) is 0 Å². The molecular formula is C11H8Cl2N4OS. The maximum absolute atomic E-state index is 12.0. The fourth-order valence-electron chi connectivity index (χ4n) is 1.44. The van der Waals surface area contributed by atoms with Crippen LogP contribution in [-0.2, 0) is 0 Å². The molecule has 0 unspecified atom stereocenters. The molecule has 19 heavy (non-hydrogen) atoms. The molecule has 0 saturated carbocycles. The Hall–Kier alpha value is -1.63. The molecule has 2 rings (SSSR count). The van der Waals surface area contributed by atoms with Crippen LogP contribution in [0, 0.1) is 0 Å². The molecule has 8 heteroatoms. The monoisotopic (exact) mass is 314 g/mol. The molecule has 0 spiro atoms. The number of nitrogens with two attached hydrogens (primary N) is 1. The van der Waals surface area contributed by atoms with Crippen LogP contribution in [0.5, 0.6) is 0 Å². The van der Waals surface area contributed by atoms with Gasteiger partial charge in [-0.1, -0.05) is 35.4 Å². The summed E-state index contributed by atoms with van der Waals surface area (Å²) in [6, 6.07) is 4.54. The third-order valence-electron chi connectivity index (χ3n) is 2.27. The highest BCUT2D eigenvalue weighted by Crippen LogP contribution is 2.20. The smallest absolute Gasteiger partial charge is 0.256 e. The van der Waals surface area contributed by atoms with Gasteiger partial charge in [0, 0.05) is 15.6 Å². The normalized spacial score (nSPS) is 10.2. The zero-order chi connectivity index (χ0) is 14.0. The molecule has 0 bridgehead atoms. The van der Waals surface area contributed by atoms with Crippen molar-refractivity contribution in [3.05, 3.63) is 45.6 Å². The zero-order valence-electron chi connectivity index (χ0n) is 9.41. The molecule has 0 saturated heterocycles. The summed E-state index contributed by atoms with van der Waals surface area (Å²) in [7, 11) is 0. The number of carbonyl (C=O) groups excluding carboxylic acids is 1. The largest absolute Gasteiger partial charge is 0.389 e. The molecule has 0 radical (unpaired) electrons. The third-order valence-corrected chi connectivity index (χ3v) is 2.92. The van der Waals surface area contributed by atoms with Crippen LogP contribution in [0.25, 0.3) is 0 Å². The lowest BCUT2D eigenvalue weighted by Crippen LogP contribution is -2.17. The van der Waals surface area contributed by atoms with Crippen LogP contribution in [0.4, 0.5) is 5.82 Å². The minimum atomic E-state index is -0.397. The quantitative estimate of drug-likeness (QED) is 0.760. The predicted molar refractivity (Wildman–Crippen MR) is 78.9 cm³/mol. The van der Waals surface area contributed by atoms with Gasteiger partial charge in [0.2, 0.25) is 0 Å². The standard InChI is InChI=1S/C11H8Cl2N4OS/c12-6-1-5(2-7(13)3-6)11(18)16-10-8(9(14)19)4-15-17-10/h1-4H,(H2,14,19)(H2,15,16,17,18). The summed E-state index contributed by atoms with van der Waals surface area (Å²) in [4.78, 5) is 12.2. The summed E-state index contributed by atoms with van der Waals surface area (Å²) < 4.78 is 0. The van der Waals surface area contributed by atoms with E-state index in [9.17, 15) is 4.79 Å². The first-order valence-corrected chi connectivity index (χ1v) is 6.24. The molecule has 0 aliphatic carbocycles. The third kappa shape index (κ3) is 3.23. The van der Waals surface area contributed by atoms with Crippen LogP contribution in [0.2, 0.25) is 10.0 Å². The zero-order valence-corrected chi connectivity index (χ0v) is 11.7. The number of nitrogens with one attached hydrogen (secondary N) is 2. The fourth-order valence-corrected chi connectivity index (χ4v) is 2.12. The van der Waals surface area contributed by atoms with E-state index in [4.69, 9.17) is 41.2 Å².